The topological polar surface area (TPSA) is 85.3 Å². The van der Waals surface area contributed by atoms with Crippen LogP contribution in [0.25, 0.3) is 0 Å². The summed E-state index contributed by atoms with van der Waals surface area (Å²) >= 11 is 0. The Balaban J connectivity index is 1.44. The maximum atomic E-state index is 12.7. The Bertz CT molecular complexity index is 902. The van der Waals surface area contributed by atoms with Crippen LogP contribution in [-0.2, 0) is 17.7 Å². The van der Waals surface area contributed by atoms with Crippen molar-refractivity contribution in [2.24, 2.45) is 0 Å². The van der Waals surface area contributed by atoms with Gasteiger partial charge in [-0.1, -0.05) is 24.3 Å². The fourth-order valence-corrected chi connectivity index (χ4v) is 4.57. The number of fused-ring (bicyclic) bond motifs is 1. The van der Waals surface area contributed by atoms with Gasteiger partial charge in [-0.2, -0.15) is 0 Å². The lowest BCUT2D eigenvalue weighted by molar-refractivity contribution is -0.0209. The maximum absolute atomic E-state index is 12.7. The number of carbonyl (C=O) groups is 1. The number of ether oxygens (including phenoxy) is 1. The van der Waals surface area contributed by atoms with Crippen LogP contribution in [0.15, 0.2) is 48.5 Å². The normalized spacial score (nSPS) is 25.8. The fourth-order valence-electron chi connectivity index (χ4n) is 4.57. The summed E-state index contributed by atoms with van der Waals surface area (Å²) in [5.41, 5.74) is 4.18. The summed E-state index contributed by atoms with van der Waals surface area (Å²) in [6.45, 7) is 1.54. The van der Waals surface area contributed by atoms with E-state index in [1.165, 1.54) is 11.1 Å². The molecule has 166 valence electrons. The fraction of sp³-hybridized carbons (Fsp3) is 0.458. The van der Waals surface area contributed by atoms with Gasteiger partial charge in [0.15, 0.2) is 0 Å². The monoisotopic (exact) mass is 425 g/mol. The molecule has 1 fully saturated rings. The van der Waals surface area contributed by atoms with Crippen molar-refractivity contribution in [2.45, 2.75) is 37.3 Å². The molecule has 0 aromatic heterocycles. The van der Waals surface area contributed by atoms with Crippen molar-refractivity contribution in [2.75, 3.05) is 38.7 Å². The van der Waals surface area contributed by atoms with Crippen molar-refractivity contribution < 1.29 is 19.7 Å². The van der Waals surface area contributed by atoms with E-state index in [1.54, 1.807) is 12.1 Å². The number of nitrogens with zero attached hydrogens (tertiary/aromatic N) is 2. The van der Waals surface area contributed by atoms with E-state index in [9.17, 15) is 15.0 Å². The summed E-state index contributed by atoms with van der Waals surface area (Å²) in [6.07, 6.45) is -0.956. The third-order valence-corrected chi connectivity index (χ3v) is 6.33. The number of nitrogens with one attached hydrogen (secondary N) is 1. The number of carbonyl (C=O) groups excluding carboxylic acids is 1. The standard InChI is InChI=1S/C24H31N3O4/c1-26(2)19-9-7-17(8-10-19)24(30)25-13-20-22(23(29)21(15-28)31-20)27-12-11-16-5-3-4-6-18(16)14-27/h3-10,20-23,28-29H,11-15H2,1-2H3,(H,25,30). The molecule has 2 heterocycles. The van der Waals surface area contributed by atoms with Crippen LogP contribution in [0.3, 0.4) is 0 Å². The lowest BCUT2D eigenvalue weighted by atomic mass is 9.95. The number of anilines is 1. The third-order valence-electron chi connectivity index (χ3n) is 6.33. The van der Waals surface area contributed by atoms with E-state index < -0.39 is 18.3 Å². The van der Waals surface area contributed by atoms with E-state index in [4.69, 9.17) is 4.74 Å². The van der Waals surface area contributed by atoms with Crippen molar-refractivity contribution in [3.05, 3.63) is 65.2 Å². The first-order valence-corrected chi connectivity index (χ1v) is 10.8. The Kier molecular flexibility index (Phi) is 6.57. The highest BCUT2D eigenvalue weighted by atomic mass is 16.5. The molecule has 0 bridgehead atoms. The average Bonchev–Trinajstić information content (AvgIpc) is 3.12. The largest absolute Gasteiger partial charge is 0.394 e. The number of rotatable bonds is 6. The van der Waals surface area contributed by atoms with Gasteiger partial charge in [0.25, 0.3) is 5.91 Å². The van der Waals surface area contributed by atoms with Crippen LogP contribution in [0.5, 0.6) is 0 Å². The second-order valence-electron chi connectivity index (χ2n) is 8.52. The number of aliphatic hydroxyl groups excluding tert-OH is 2. The molecule has 2 aromatic carbocycles. The van der Waals surface area contributed by atoms with Gasteiger partial charge in [0.2, 0.25) is 0 Å². The minimum absolute atomic E-state index is 0.182. The smallest absolute Gasteiger partial charge is 0.251 e. The van der Waals surface area contributed by atoms with Crippen LogP contribution in [0.4, 0.5) is 5.69 Å². The van der Waals surface area contributed by atoms with Gasteiger partial charge < -0.3 is 25.2 Å². The summed E-state index contributed by atoms with van der Waals surface area (Å²) in [4.78, 5) is 16.8. The summed E-state index contributed by atoms with van der Waals surface area (Å²) in [7, 11) is 3.91. The van der Waals surface area contributed by atoms with Gasteiger partial charge in [-0.05, 0) is 41.8 Å². The van der Waals surface area contributed by atoms with Crippen molar-refractivity contribution in [1.29, 1.82) is 0 Å². The molecule has 0 radical (unpaired) electrons. The molecule has 4 rings (SSSR count). The van der Waals surface area contributed by atoms with Gasteiger partial charge in [0.1, 0.15) is 12.2 Å². The van der Waals surface area contributed by atoms with Crippen molar-refractivity contribution in [1.82, 2.24) is 10.2 Å². The molecular formula is C24H31N3O4. The lowest BCUT2D eigenvalue weighted by Gasteiger charge is -2.37. The van der Waals surface area contributed by atoms with Crippen LogP contribution in [0, 0.1) is 0 Å². The molecule has 4 unspecified atom stereocenters. The average molecular weight is 426 g/mol. The molecule has 2 aromatic rings. The molecular weight excluding hydrogens is 394 g/mol. The highest BCUT2D eigenvalue weighted by Crippen LogP contribution is 2.30. The Labute approximate surface area is 183 Å². The van der Waals surface area contributed by atoms with Gasteiger partial charge in [-0.25, -0.2) is 0 Å². The van der Waals surface area contributed by atoms with Crippen LogP contribution in [0.1, 0.15) is 21.5 Å². The molecule has 2 aliphatic rings. The quantitative estimate of drug-likeness (QED) is 0.641. The molecule has 1 saturated heterocycles. The Morgan fingerprint density at radius 2 is 1.84 bits per heavy atom. The Morgan fingerprint density at radius 1 is 1.13 bits per heavy atom. The van der Waals surface area contributed by atoms with Gasteiger partial charge in [-0.15, -0.1) is 0 Å². The van der Waals surface area contributed by atoms with Gasteiger partial charge >= 0.3 is 0 Å². The van der Waals surface area contributed by atoms with Gasteiger partial charge in [0, 0.05) is 45.0 Å². The summed E-state index contributed by atoms with van der Waals surface area (Å²) in [5, 5.41) is 23.4. The minimum Gasteiger partial charge on any atom is -0.394 e. The van der Waals surface area contributed by atoms with E-state index in [2.05, 4.69) is 22.3 Å². The van der Waals surface area contributed by atoms with Crippen LogP contribution in [0.2, 0.25) is 0 Å². The summed E-state index contributed by atoms with van der Waals surface area (Å²) in [6, 6.07) is 15.4. The van der Waals surface area contributed by atoms with Crippen LogP contribution >= 0.6 is 0 Å². The van der Waals surface area contributed by atoms with Crippen molar-refractivity contribution in [3.8, 4) is 0 Å². The van der Waals surface area contributed by atoms with E-state index in [0.717, 1.165) is 25.2 Å². The molecule has 7 nitrogen and oxygen atoms in total. The molecule has 0 spiro atoms. The van der Waals surface area contributed by atoms with Crippen LogP contribution < -0.4 is 10.2 Å². The number of amides is 1. The molecule has 7 heteroatoms. The highest BCUT2D eigenvalue weighted by Gasteiger charge is 2.46. The molecule has 1 amide bonds. The molecule has 0 aliphatic carbocycles. The summed E-state index contributed by atoms with van der Waals surface area (Å²) < 4.78 is 5.95. The van der Waals surface area contributed by atoms with Gasteiger partial charge in [0.05, 0.1) is 18.8 Å². The number of hydrogen-bond acceptors (Lipinski definition) is 6. The molecule has 4 atom stereocenters. The number of hydrogen-bond donors (Lipinski definition) is 3. The molecule has 2 aliphatic heterocycles. The first-order chi connectivity index (χ1) is 15.0. The predicted molar refractivity (Wildman–Crippen MR) is 119 cm³/mol. The maximum Gasteiger partial charge on any atom is 0.251 e. The third kappa shape index (κ3) is 4.60. The Morgan fingerprint density at radius 3 is 2.52 bits per heavy atom. The first kappa shape index (κ1) is 21.8. The number of benzene rings is 2. The second-order valence-corrected chi connectivity index (χ2v) is 8.52. The highest BCUT2D eigenvalue weighted by molar-refractivity contribution is 5.94. The van der Waals surface area contributed by atoms with E-state index in [0.29, 0.717) is 5.56 Å². The van der Waals surface area contributed by atoms with Crippen molar-refractivity contribution >= 4 is 11.6 Å². The van der Waals surface area contributed by atoms with Crippen molar-refractivity contribution in [3.63, 3.8) is 0 Å². The summed E-state index contributed by atoms with van der Waals surface area (Å²) in [5.74, 6) is -0.182. The zero-order valence-electron chi connectivity index (χ0n) is 18.1. The molecule has 3 N–H and O–H groups in total. The van der Waals surface area contributed by atoms with Crippen LogP contribution in [-0.4, -0.2) is 79.2 Å². The van der Waals surface area contributed by atoms with E-state index in [-0.39, 0.29) is 25.1 Å². The second kappa shape index (κ2) is 9.36. The van der Waals surface area contributed by atoms with E-state index >= 15 is 0 Å². The minimum atomic E-state index is -0.809. The molecule has 31 heavy (non-hydrogen) atoms. The zero-order chi connectivity index (χ0) is 22.0. The molecule has 0 saturated carbocycles. The van der Waals surface area contributed by atoms with E-state index in [1.807, 2.05) is 43.3 Å². The lowest BCUT2D eigenvalue weighted by Crippen LogP contribution is -2.52. The number of aliphatic hydroxyl groups is 2. The Hall–Kier alpha value is -2.45. The SMILES string of the molecule is CN(C)c1ccc(C(=O)NCC2OC(CO)C(O)C2N2CCc3ccccc3C2)cc1. The first-order valence-electron chi connectivity index (χ1n) is 10.8. The van der Waals surface area contributed by atoms with Gasteiger partial charge in [-0.3, -0.25) is 9.69 Å². The zero-order valence-corrected chi connectivity index (χ0v) is 18.1. The predicted octanol–water partition coefficient (Wildman–Crippen LogP) is 1.03.